The minimum Gasteiger partial charge on any atom is -0.264 e. The molecule has 0 aliphatic heterocycles. The lowest BCUT2D eigenvalue weighted by Gasteiger charge is -2.09. The molecule has 0 amide bonds. The molecular formula is C21H16N2. The number of rotatable bonds is 3. The maximum absolute atomic E-state index is 4.39. The van der Waals surface area contributed by atoms with Gasteiger partial charge in [-0.3, -0.25) is 9.97 Å². The number of hydrogen-bond donors (Lipinski definition) is 0. The predicted molar refractivity (Wildman–Crippen MR) is 94.2 cm³/mol. The SMILES string of the molecule is c1ccc(-c2cncc3ccc(Cc4cccnc4)cc23)cc1. The van der Waals surface area contributed by atoms with Crippen LogP contribution in [0.4, 0.5) is 0 Å². The van der Waals surface area contributed by atoms with Crippen LogP contribution in [0, 0.1) is 0 Å². The summed E-state index contributed by atoms with van der Waals surface area (Å²) in [7, 11) is 0. The number of pyridine rings is 2. The van der Waals surface area contributed by atoms with Crippen molar-refractivity contribution in [2.75, 3.05) is 0 Å². The maximum Gasteiger partial charge on any atom is 0.0352 e. The van der Waals surface area contributed by atoms with E-state index >= 15 is 0 Å². The number of nitrogens with zero attached hydrogens (tertiary/aromatic N) is 2. The molecule has 2 aromatic carbocycles. The molecular weight excluding hydrogens is 280 g/mol. The number of benzene rings is 2. The van der Waals surface area contributed by atoms with E-state index in [9.17, 15) is 0 Å². The van der Waals surface area contributed by atoms with Gasteiger partial charge in [-0.15, -0.1) is 0 Å². The van der Waals surface area contributed by atoms with Crippen molar-refractivity contribution < 1.29 is 0 Å². The van der Waals surface area contributed by atoms with Crippen molar-refractivity contribution in [3.63, 3.8) is 0 Å². The lowest BCUT2D eigenvalue weighted by atomic mass is 9.97. The molecule has 23 heavy (non-hydrogen) atoms. The summed E-state index contributed by atoms with van der Waals surface area (Å²) in [5, 5.41) is 2.41. The van der Waals surface area contributed by atoms with Gasteiger partial charge in [-0.25, -0.2) is 0 Å². The fourth-order valence-corrected chi connectivity index (χ4v) is 2.91. The molecule has 2 heteroatoms. The van der Waals surface area contributed by atoms with Gasteiger partial charge in [-0.2, -0.15) is 0 Å². The molecule has 0 spiro atoms. The normalized spacial score (nSPS) is 10.8. The van der Waals surface area contributed by atoms with Crippen LogP contribution in [0.15, 0.2) is 85.5 Å². The van der Waals surface area contributed by atoms with Crippen LogP contribution in [0.25, 0.3) is 21.9 Å². The molecule has 0 atom stereocenters. The van der Waals surface area contributed by atoms with Crippen LogP contribution in [-0.2, 0) is 6.42 Å². The monoisotopic (exact) mass is 296 g/mol. The van der Waals surface area contributed by atoms with Gasteiger partial charge >= 0.3 is 0 Å². The molecule has 2 heterocycles. The summed E-state index contributed by atoms with van der Waals surface area (Å²) < 4.78 is 0. The Morgan fingerprint density at radius 1 is 0.696 bits per heavy atom. The van der Waals surface area contributed by atoms with Crippen molar-refractivity contribution in [1.82, 2.24) is 9.97 Å². The van der Waals surface area contributed by atoms with Crippen molar-refractivity contribution in [3.05, 3.63) is 96.6 Å². The lowest BCUT2D eigenvalue weighted by Crippen LogP contribution is -1.90. The van der Waals surface area contributed by atoms with Crippen molar-refractivity contribution in [1.29, 1.82) is 0 Å². The Morgan fingerprint density at radius 3 is 2.43 bits per heavy atom. The molecule has 0 aliphatic rings. The van der Waals surface area contributed by atoms with Crippen LogP contribution in [0.5, 0.6) is 0 Å². The molecule has 0 saturated heterocycles. The van der Waals surface area contributed by atoms with E-state index in [-0.39, 0.29) is 0 Å². The van der Waals surface area contributed by atoms with Gasteiger partial charge in [0, 0.05) is 35.7 Å². The van der Waals surface area contributed by atoms with Crippen molar-refractivity contribution in [3.8, 4) is 11.1 Å². The summed E-state index contributed by atoms with van der Waals surface area (Å²) in [6, 6.07) is 21.1. The maximum atomic E-state index is 4.39. The third kappa shape index (κ3) is 2.84. The van der Waals surface area contributed by atoms with Gasteiger partial charge in [0.15, 0.2) is 0 Å². The molecule has 0 N–H and O–H groups in total. The zero-order valence-electron chi connectivity index (χ0n) is 12.7. The fourth-order valence-electron chi connectivity index (χ4n) is 2.91. The van der Waals surface area contributed by atoms with Crippen molar-refractivity contribution in [2.24, 2.45) is 0 Å². The summed E-state index contributed by atoms with van der Waals surface area (Å²) in [5.41, 5.74) is 4.89. The molecule has 4 aromatic rings. The van der Waals surface area contributed by atoms with Gasteiger partial charge in [0.05, 0.1) is 0 Å². The van der Waals surface area contributed by atoms with Crippen molar-refractivity contribution >= 4 is 10.8 Å². The minimum absolute atomic E-state index is 0.889. The van der Waals surface area contributed by atoms with Crippen LogP contribution >= 0.6 is 0 Å². The van der Waals surface area contributed by atoms with E-state index in [4.69, 9.17) is 0 Å². The van der Waals surface area contributed by atoms with Crippen LogP contribution in [0.2, 0.25) is 0 Å². The molecule has 0 fully saturated rings. The Morgan fingerprint density at radius 2 is 1.61 bits per heavy atom. The third-order valence-corrected chi connectivity index (χ3v) is 4.04. The first-order chi connectivity index (χ1) is 11.4. The number of aromatic nitrogens is 2. The van der Waals surface area contributed by atoms with E-state index in [1.54, 1.807) is 0 Å². The van der Waals surface area contributed by atoms with Crippen molar-refractivity contribution in [2.45, 2.75) is 6.42 Å². The highest BCUT2D eigenvalue weighted by Gasteiger charge is 2.06. The summed E-state index contributed by atoms with van der Waals surface area (Å²) in [5.74, 6) is 0. The standard InChI is InChI=1S/C21H16N2/c1-2-6-18(7-3-1)21-15-23-14-19-9-8-16(12-20(19)21)11-17-5-4-10-22-13-17/h1-10,12-15H,11H2. The summed E-state index contributed by atoms with van der Waals surface area (Å²) in [4.78, 5) is 8.59. The second-order valence-electron chi connectivity index (χ2n) is 5.65. The van der Waals surface area contributed by atoms with Crippen LogP contribution in [0.3, 0.4) is 0 Å². The second kappa shape index (κ2) is 6.01. The smallest absolute Gasteiger partial charge is 0.0352 e. The Kier molecular flexibility index (Phi) is 3.57. The lowest BCUT2D eigenvalue weighted by molar-refractivity contribution is 1.15. The van der Waals surface area contributed by atoms with E-state index in [0.29, 0.717) is 0 Å². The molecule has 110 valence electrons. The van der Waals surface area contributed by atoms with Gasteiger partial charge in [0.25, 0.3) is 0 Å². The predicted octanol–water partition coefficient (Wildman–Crippen LogP) is 4.89. The van der Waals surface area contributed by atoms with Gasteiger partial charge in [-0.05, 0) is 34.6 Å². The van der Waals surface area contributed by atoms with E-state index in [1.807, 2.05) is 36.9 Å². The Bertz CT molecular complexity index is 931. The van der Waals surface area contributed by atoms with Gasteiger partial charge < -0.3 is 0 Å². The molecule has 4 rings (SSSR count). The summed E-state index contributed by atoms with van der Waals surface area (Å²) in [6.07, 6.45) is 8.50. The molecule has 0 aliphatic carbocycles. The first kappa shape index (κ1) is 13.6. The molecule has 2 nitrogen and oxygen atoms in total. The van der Waals surface area contributed by atoms with Crippen LogP contribution in [-0.4, -0.2) is 9.97 Å². The summed E-state index contributed by atoms with van der Waals surface area (Å²) >= 11 is 0. The highest BCUT2D eigenvalue weighted by atomic mass is 14.6. The van der Waals surface area contributed by atoms with Crippen LogP contribution < -0.4 is 0 Å². The minimum atomic E-state index is 0.889. The molecule has 0 unspecified atom stereocenters. The van der Waals surface area contributed by atoms with E-state index in [0.717, 1.165) is 6.42 Å². The zero-order chi connectivity index (χ0) is 15.5. The first-order valence-corrected chi connectivity index (χ1v) is 7.71. The molecule has 0 saturated carbocycles. The highest BCUT2D eigenvalue weighted by Crippen LogP contribution is 2.28. The average Bonchev–Trinajstić information content (AvgIpc) is 2.63. The van der Waals surface area contributed by atoms with E-state index < -0.39 is 0 Å². The van der Waals surface area contributed by atoms with Gasteiger partial charge in [0.1, 0.15) is 0 Å². The number of fused-ring (bicyclic) bond motifs is 1. The van der Waals surface area contributed by atoms with E-state index in [1.165, 1.54) is 33.0 Å². The zero-order valence-corrected chi connectivity index (χ0v) is 12.7. The second-order valence-corrected chi connectivity index (χ2v) is 5.65. The molecule has 2 aromatic heterocycles. The number of hydrogen-bond acceptors (Lipinski definition) is 2. The van der Waals surface area contributed by atoms with Gasteiger partial charge in [-0.1, -0.05) is 54.6 Å². The largest absolute Gasteiger partial charge is 0.264 e. The Hall–Kier alpha value is -3.00. The molecule has 0 bridgehead atoms. The topological polar surface area (TPSA) is 25.8 Å². The highest BCUT2D eigenvalue weighted by molar-refractivity contribution is 5.96. The van der Waals surface area contributed by atoms with Gasteiger partial charge in [0.2, 0.25) is 0 Å². The van der Waals surface area contributed by atoms with E-state index in [2.05, 4.69) is 58.5 Å². The Balaban J connectivity index is 1.81. The quantitative estimate of drug-likeness (QED) is 0.538. The summed E-state index contributed by atoms with van der Waals surface area (Å²) in [6.45, 7) is 0. The Labute approximate surface area is 135 Å². The first-order valence-electron chi connectivity index (χ1n) is 7.71. The fraction of sp³-hybridized carbons (Fsp3) is 0.0476. The molecule has 0 radical (unpaired) electrons. The van der Waals surface area contributed by atoms with Crippen LogP contribution in [0.1, 0.15) is 11.1 Å². The third-order valence-electron chi connectivity index (χ3n) is 4.04. The average molecular weight is 296 g/mol.